The van der Waals surface area contributed by atoms with Crippen molar-refractivity contribution < 1.29 is 0 Å². The van der Waals surface area contributed by atoms with Gasteiger partial charge in [-0.3, -0.25) is 0 Å². The first-order valence-corrected chi connectivity index (χ1v) is 6.15. The van der Waals surface area contributed by atoms with Gasteiger partial charge in [-0.15, -0.1) is 0 Å². The van der Waals surface area contributed by atoms with E-state index in [9.17, 15) is 0 Å². The van der Waals surface area contributed by atoms with E-state index in [1.807, 2.05) is 12.1 Å². The number of nitrogen functional groups attached to an aromatic ring is 1. The molecule has 1 aliphatic rings. The van der Waals surface area contributed by atoms with Crippen molar-refractivity contribution >= 4 is 5.82 Å². The highest BCUT2D eigenvalue weighted by Crippen LogP contribution is 2.37. The van der Waals surface area contributed by atoms with Gasteiger partial charge in [0.1, 0.15) is 5.82 Å². The van der Waals surface area contributed by atoms with E-state index >= 15 is 0 Å². The number of nitrogens with two attached hydrogens (primary N) is 1. The van der Waals surface area contributed by atoms with E-state index in [1.165, 1.54) is 30.4 Å². The quantitative estimate of drug-likeness (QED) is 0.846. The van der Waals surface area contributed by atoms with Gasteiger partial charge in [0.2, 0.25) is 0 Å². The molecule has 0 radical (unpaired) electrons. The molecule has 1 saturated carbocycles. The second kappa shape index (κ2) is 4.21. The van der Waals surface area contributed by atoms with Gasteiger partial charge in [-0.1, -0.05) is 30.7 Å². The zero-order chi connectivity index (χ0) is 11.7. The lowest BCUT2D eigenvalue weighted by Crippen LogP contribution is -2.08. The maximum atomic E-state index is 5.72. The third kappa shape index (κ3) is 2.03. The molecule has 0 aliphatic heterocycles. The minimum Gasteiger partial charge on any atom is -0.384 e. The van der Waals surface area contributed by atoms with E-state index < -0.39 is 0 Å². The Labute approximate surface area is 102 Å². The molecular weight excluding hydrogens is 208 g/mol. The molecule has 0 amide bonds. The minimum absolute atomic E-state index is 0.580. The van der Waals surface area contributed by atoms with Gasteiger partial charge < -0.3 is 5.73 Å². The SMILES string of the molecule is Nc1cc(-c2cccc(C3CCC3)c2)ccn1. The number of benzene rings is 1. The van der Waals surface area contributed by atoms with Crippen LogP contribution in [-0.2, 0) is 0 Å². The van der Waals surface area contributed by atoms with E-state index in [2.05, 4.69) is 29.2 Å². The molecule has 2 heteroatoms. The smallest absolute Gasteiger partial charge is 0.123 e. The maximum Gasteiger partial charge on any atom is 0.123 e. The summed E-state index contributed by atoms with van der Waals surface area (Å²) < 4.78 is 0. The second-order valence-electron chi connectivity index (χ2n) is 4.72. The summed E-state index contributed by atoms with van der Waals surface area (Å²) in [6.45, 7) is 0. The molecule has 17 heavy (non-hydrogen) atoms. The Bertz CT molecular complexity index is 530. The van der Waals surface area contributed by atoms with Gasteiger partial charge in [0.05, 0.1) is 0 Å². The molecular formula is C15H16N2. The Morgan fingerprint density at radius 3 is 2.59 bits per heavy atom. The molecule has 0 saturated heterocycles. The molecule has 1 aromatic heterocycles. The van der Waals surface area contributed by atoms with Gasteiger partial charge in [-0.2, -0.15) is 0 Å². The molecule has 2 nitrogen and oxygen atoms in total. The van der Waals surface area contributed by atoms with Gasteiger partial charge in [0.15, 0.2) is 0 Å². The van der Waals surface area contributed by atoms with E-state index in [0.29, 0.717) is 5.82 Å². The van der Waals surface area contributed by atoms with E-state index in [4.69, 9.17) is 5.73 Å². The van der Waals surface area contributed by atoms with Crippen LogP contribution < -0.4 is 5.73 Å². The number of hydrogen-bond acceptors (Lipinski definition) is 2. The third-order valence-electron chi connectivity index (χ3n) is 3.58. The van der Waals surface area contributed by atoms with Gasteiger partial charge in [-0.05, 0) is 47.6 Å². The van der Waals surface area contributed by atoms with Crippen LogP contribution in [0.1, 0.15) is 30.7 Å². The Balaban J connectivity index is 1.97. The maximum absolute atomic E-state index is 5.72. The summed E-state index contributed by atoms with van der Waals surface area (Å²) in [5, 5.41) is 0. The van der Waals surface area contributed by atoms with Crippen molar-refractivity contribution in [2.75, 3.05) is 5.73 Å². The molecule has 0 unspecified atom stereocenters. The Kier molecular flexibility index (Phi) is 2.56. The molecule has 1 fully saturated rings. The summed E-state index contributed by atoms with van der Waals surface area (Å²) in [4.78, 5) is 4.03. The zero-order valence-electron chi connectivity index (χ0n) is 9.76. The third-order valence-corrected chi connectivity index (χ3v) is 3.58. The predicted octanol–water partition coefficient (Wildman–Crippen LogP) is 3.60. The van der Waals surface area contributed by atoms with Crippen LogP contribution in [0, 0.1) is 0 Å². The first-order chi connectivity index (χ1) is 8.33. The van der Waals surface area contributed by atoms with Crippen LogP contribution in [0.25, 0.3) is 11.1 Å². The topological polar surface area (TPSA) is 38.9 Å². The van der Waals surface area contributed by atoms with Crippen molar-refractivity contribution in [2.45, 2.75) is 25.2 Å². The lowest BCUT2D eigenvalue weighted by atomic mass is 9.79. The fourth-order valence-electron chi connectivity index (χ4n) is 2.34. The van der Waals surface area contributed by atoms with Crippen LogP contribution in [0.15, 0.2) is 42.6 Å². The predicted molar refractivity (Wildman–Crippen MR) is 70.7 cm³/mol. The minimum atomic E-state index is 0.580. The van der Waals surface area contributed by atoms with E-state index in [0.717, 1.165) is 11.5 Å². The largest absolute Gasteiger partial charge is 0.384 e. The average Bonchev–Trinajstić information content (AvgIpc) is 2.27. The molecule has 1 aromatic carbocycles. The van der Waals surface area contributed by atoms with Crippen LogP contribution in [0.5, 0.6) is 0 Å². The highest BCUT2D eigenvalue weighted by molar-refractivity contribution is 5.66. The van der Waals surface area contributed by atoms with Gasteiger partial charge in [-0.25, -0.2) is 4.98 Å². The number of hydrogen-bond donors (Lipinski definition) is 1. The second-order valence-corrected chi connectivity index (χ2v) is 4.72. The van der Waals surface area contributed by atoms with Crippen molar-refractivity contribution in [1.82, 2.24) is 4.98 Å². The van der Waals surface area contributed by atoms with Gasteiger partial charge in [0, 0.05) is 6.20 Å². The van der Waals surface area contributed by atoms with Crippen molar-refractivity contribution in [3.63, 3.8) is 0 Å². The Morgan fingerprint density at radius 2 is 1.88 bits per heavy atom. The van der Waals surface area contributed by atoms with Crippen LogP contribution >= 0.6 is 0 Å². The molecule has 86 valence electrons. The first-order valence-electron chi connectivity index (χ1n) is 6.15. The van der Waals surface area contributed by atoms with E-state index in [1.54, 1.807) is 6.20 Å². The Hall–Kier alpha value is -1.83. The summed E-state index contributed by atoms with van der Waals surface area (Å²) in [5.41, 5.74) is 9.57. The summed E-state index contributed by atoms with van der Waals surface area (Å²) in [6, 6.07) is 12.7. The molecule has 0 bridgehead atoms. The van der Waals surface area contributed by atoms with Crippen molar-refractivity contribution in [2.24, 2.45) is 0 Å². The van der Waals surface area contributed by atoms with Crippen LogP contribution in [0.2, 0.25) is 0 Å². The van der Waals surface area contributed by atoms with Crippen molar-refractivity contribution in [3.05, 3.63) is 48.2 Å². The number of anilines is 1. The fourth-order valence-corrected chi connectivity index (χ4v) is 2.34. The normalized spacial score (nSPS) is 15.5. The summed E-state index contributed by atoms with van der Waals surface area (Å²) in [7, 11) is 0. The van der Waals surface area contributed by atoms with Gasteiger partial charge >= 0.3 is 0 Å². The van der Waals surface area contributed by atoms with Crippen LogP contribution in [0.3, 0.4) is 0 Å². The molecule has 1 heterocycles. The standard InChI is InChI=1S/C15H16N2/c16-15-10-14(7-8-17-15)13-6-2-5-12(9-13)11-3-1-4-11/h2,5-11H,1,3-4H2,(H2,16,17). The number of pyridine rings is 1. The molecule has 2 aromatic rings. The molecule has 3 rings (SSSR count). The highest BCUT2D eigenvalue weighted by Gasteiger charge is 2.19. The number of nitrogens with zero attached hydrogens (tertiary/aromatic N) is 1. The number of rotatable bonds is 2. The summed E-state index contributed by atoms with van der Waals surface area (Å²) in [5.74, 6) is 1.35. The van der Waals surface area contributed by atoms with Crippen molar-refractivity contribution in [3.8, 4) is 11.1 Å². The van der Waals surface area contributed by atoms with Gasteiger partial charge in [0.25, 0.3) is 0 Å². The van der Waals surface area contributed by atoms with Crippen molar-refractivity contribution in [1.29, 1.82) is 0 Å². The first kappa shape index (κ1) is 10.3. The van der Waals surface area contributed by atoms with Crippen LogP contribution in [0.4, 0.5) is 5.82 Å². The fraction of sp³-hybridized carbons (Fsp3) is 0.267. The van der Waals surface area contributed by atoms with Crippen LogP contribution in [-0.4, -0.2) is 4.98 Å². The molecule has 0 spiro atoms. The lowest BCUT2D eigenvalue weighted by molar-refractivity contribution is 0.420. The lowest BCUT2D eigenvalue weighted by Gasteiger charge is -2.26. The summed E-state index contributed by atoms with van der Waals surface area (Å²) >= 11 is 0. The monoisotopic (exact) mass is 224 g/mol. The number of aromatic nitrogens is 1. The summed E-state index contributed by atoms with van der Waals surface area (Å²) in [6.07, 6.45) is 5.81. The molecule has 0 atom stereocenters. The molecule has 2 N–H and O–H groups in total. The van der Waals surface area contributed by atoms with E-state index in [-0.39, 0.29) is 0 Å². The average molecular weight is 224 g/mol. The zero-order valence-corrected chi connectivity index (χ0v) is 9.76. The highest BCUT2D eigenvalue weighted by atomic mass is 14.8. The molecule has 1 aliphatic carbocycles. The Morgan fingerprint density at radius 1 is 1.06 bits per heavy atom.